The Morgan fingerprint density at radius 3 is 2.95 bits per heavy atom. The number of hydrogen-bond acceptors (Lipinski definition) is 3. The molecule has 1 aromatic carbocycles. The van der Waals surface area contributed by atoms with E-state index in [4.69, 9.17) is 9.84 Å². The molecule has 0 amide bonds. The number of benzene rings is 1. The summed E-state index contributed by atoms with van der Waals surface area (Å²) in [5.74, 6) is -0.00513. The molecule has 0 aliphatic carbocycles. The van der Waals surface area contributed by atoms with Gasteiger partial charge < -0.3 is 9.84 Å². The fraction of sp³-hybridized carbons (Fsp3) is 0.562. The molecule has 4 heteroatoms. The van der Waals surface area contributed by atoms with Crippen LogP contribution in [0.1, 0.15) is 30.9 Å². The second kappa shape index (κ2) is 6.75. The maximum Gasteiger partial charge on any atom is 0.307 e. The van der Waals surface area contributed by atoms with Gasteiger partial charge in [-0.15, -0.1) is 0 Å². The Labute approximate surface area is 120 Å². The molecule has 1 atom stereocenters. The van der Waals surface area contributed by atoms with Crippen LogP contribution in [0.15, 0.2) is 18.2 Å². The van der Waals surface area contributed by atoms with Gasteiger partial charge in [0.2, 0.25) is 0 Å². The van der Waals surface area contributed by atoms with Crippen molar-refractivity contribution in [3.8, 4) is 5.75 Å². The Morgan fingerprint density at radius 1 is 1.50 bits per heavy atom. The smallest absolute Gasteiger partial charge is 0.307 e. The largest absolute Gasteiger partial charge is 0.496 e. The van der Waals surface area contributed by atoms with E-state index >= 15 is 0 Å². The summed E-state index contributed by atoms with van der Waals surface area (Å²) in [5.41, 5.74) is 2.39. The number of rotatable bonds is 5. The number of carbonyl (C=O) groups is 1. The highest BCUT2D eigenvalue weighted by Crippen LogP contribution is 2.25. The van der Waals surface area contributed by atoms with E-state index in [0.29, 0.717) is 6.54 Å². The number of aliphatic carboxylic acids is 1. The number of piperidine rings is 1. The predicted molar refractivity (Wildman–Crippen MR) is 78.0 cm³/mol. The molecule has 1 aliphatic rings. The van der Waals surface area contributed by atoms with Crippen LogP contribution in [0.5, 0.6) is 5.75 Å². The summed E-state index contributed by atoms with van der Waals surface area (Å²) in [5, 5.41) is 9.14. The molecule has 1 saturated heterocycles. The minimum atomic E-state index is -0.678. The van der Waals surface area contributed by atoms with Crippen molar-refractivity contribution in [3.05, 3.63) is 29.3 Å². The number of hydrogen-bond donors (Lipinski definition) is 1. The molecule has 0 saturated carbocycles. The zero-order valence-corrected chi connectivity index (χ0v) is 12.3. The summed E-state index contributed by atoms with van der Waals surface area (Å²) in [6.45, 7) is 4.48. The summed E-state index contributed by atoms with van der Waals surface area (Å²) < 4.78 is 5.46. The van der Waals surface area contributed by atoms with Crippen molar-refractivity contribution in [1.82, 2.24) is 4.90 Å². The Hall–Kier alpha value is -1.55. The van der Waals surface area contributed by atoms with E-state index in [9.17, 15) is 4.79 Å². The van der Waals surface area contributed by atoms with Gasteiger partial charge in [0.05, 0.1) is 13.0 Å². The summed E-state index contributed by atoms with van der Waals surface area (Å²) in [4.78, 5) is 13.3. The average Bonchev–Trinajstić information content (AvgIpc) is 2.48. The molecular formula is C16H23NO3. The maximum atomic E-state index is 11.1. The summed E-state index contributed by atoms with van der Waals surface area (Å²) in [6.07, 6.45) is 2.73. The second-order valence-corrected chi connectivity index (χ2v) is 5.41. The highest BCUT2D eigenvalue weighted by molar-refractivity contribution is 5.70. The molecule has 1 aromatic rings. The van der Waals surface area contributed by atoms with Gasteiger partial charge in [-0.2, -0.15) is 0 Å². The third-order valence-corrected chi connectivity index (χ3v) is 4.01. The lowest BCUT2D eigenvalue weighted by Gasteiger charge is -2.31. The molecule has 0 aromatic heterocycles. The van der Waals surface area contributed by atoms with Gasteiger partial charge in [-0.05, 0) is 37.4 Å². The molecule has 0 radical (unpaired) electrons. The average molecular weight is 277 g/mol. The van der Waals surface area contributed by atoms with E-state index in [1.54, 1.807) is 7.11 Å². The number of carboxylic acid groups (broad SMARTS) is 1. The molecule has 0 spiro atoms. The molecule has 1 fully saturated rings. The van der Waals surface area contributed by atoms with Crippen molar-refractivity contribution in [1.29, 1.82) is 0 Å². The topological polar surface area (TPSA) is 49.8 Å². The lowest BCUT2D eigenvalue weighted by molar-refractivity contribution is -0.143. The van der Waals surface area contributed by atoms with Gasteiger partial charge in [0.15, 0.2) is 0 Å². The van der Waals surface area contributed by atoms with Gasteiger partial charge in [0.25, 0.3) is 0 Å². The SMILES string of the molecule is CCc1ccc(CN2CCCC(C(=O)O)C2)c(OC)c1. The third-order valence-electron chi connectivity index (χ3n) is 4.01. The normalized spacial score (nSPS) is 19.8. The first-order chi connectivity index (χ1) is 9.63. The van der Waals surface area contributed by atoms with Crippen LogP contribution in [0, 0.1) is 5.92 Å². The summed E-state index contributed by atoms with van der Waals surface area (Å²) in [6, 6.07) is 6.30. The van der Waals surface area contributed by atoms with Crippen molar-refractivity contribution >= 4 is 5.97 Å². The maximum absolute atomic E-state index is 11.1. The second-order valence-electron chi connectivity index (χ2n) is 5.41. The highest BCUT2D eigenvalue weighted by atomic mass is 16.5. The Balaban J connectivity index is 2.07. The lowest BCUT2D eigenvalue weighted by Crippen LogP contribution is -2.38. The van der Waals surface area contributed by atoms with Crippen LogP contribution in [0.4, 0.5) is 0 Å². The molecule has 1 aliphatic heterocycles. The summed E-state index contributed by atoms with van der Waals surface area (Å²) >= 11 is 0. The number of likely N-dealkylation sites (tertiary alicyclic amines) is 1. The van der Waals surface area contributed by atoms with Gasteiger partial charge >= 0.3 is 5.97 Å². The van der Waals surface area contributed by atoms with Gasteiger partial charge in [0.1, 0.15) is 5.75 Å². The molecule has 20 heavy (non-hydrogen) atoms. The van der Waals surface area contributed by atoms with Gasteiger partial charge in [-0.3, -0.25) is 9.69 Å². The lowest BCUT2D eigenvalue weighted by atomic mass is 9.97. The Kier molecular flexibility index (Phi) is 5.01. The molecule has 1 heterocycles. The standard InChI is InChI=1S/C16H23NO3/c1-3-12-6-7-13(15(9-12)20-2)10-17-8-4-5-14(11-17)16(18)19/h6-7,9,14H,3-5,8,10-11H2,1-2H3,(H,18,19). The van der Waals surface area contributed by atoms with Crippen molar-refractivity contribution in [2.45, 2.75) is 32.7 Å². The molecular weight excluding hydrogens is 254 g/mol. The van der Waals surface area contributed by atoms with Crippen LogP contribution in [0.25, 0.3) is 0 Å². The summed E-state index contributed by atoms with van der Waals surface area (Å²) in [7, 11) is 1.69. The van der Waals surface area contributed by atoms with Gasteiger partial charge in [-0.1, -0.05) is 19.1 Å². The molecule has 4 nitrogen and oxygen atoms in total. The first kappa shape index (κ1) is 14.9. The molecule has 2 rings (SSSR count). The van der Waals surface area contributed by atoms with Gasteiger partial charge in [0, 0.05) is 18.7 Å². The fourth-order valence-corrected chi connectivity index (χ4v) is 2.78. The van der Waals surface area contributed by atoms with Crippen LogP contribution in [0.2, 0.25) is 0 Å². The quantitative estimate of drug-likeness (QED) is 0.898. The first-order valence-electron chi connectivity index (χ1n) is 7.25. The van der Waals surface area contributed by atoms with Crippen LogP contribution in [0.3, 0.4) is 0 Å². The van der Waals surface area contributed by atoms with Gasteiger partial charge in [-0.25, -0.2) is 0 Å². The Bertz CT molecular complexity index is 473. The monoisotopic (exact) mass is 277 g/mol. The zero-order chi connectivity index (χ0) is 14.5. The zero-order valence-electron chi connectivity index (χ0n) is 12.3. The van der Waals surface area contributed by atoms with E-state index in [1.807, 2.05) is 0 Å². The third kappa shape index (κ3) is 3.51. The van der Waals surface area contributed by atoms with Crippen molar-refractivity contribution in [3.63, 3.8) is 0 Å². The number of aryl methyl sites for hydroxylation is 1. The highest BCUT2D eigenvalue weighted by Gasteiger charge is 2.25. The van der Waals surface area contributed by atoms with E-state index in [0.717, 1.165) is 43.7 Å². The minimum absolute atomic E-state index is 0.232. The van der Waals surface area contributed by atoms with Crippen molar-refractivity contribution in [2.75, 3.05) is 20.2 Å². The van der Waals surface area contributed by atoms with Crippen molar-refractivity contribution in [2.24, 2.45) is 5.92 Å². The minimum Gasteiger partial charge on any atom is -0.496 e. The molecule has 1 N–H and O–H groups in total. The van der Waals surface area contributed by atoms with Crippen LogP contribution >= 0.6 is 0 Å². The van der Waals surface area contributed by atoms with Crippen LogP contribution in [-0.2, 0) is 17.8 Å². The predicted octanol–water partition coefficient (Wildman–Crippen LogP) is 2.55. The van der Waals surface area contributed by atoms with Crippen LogP contribution < -0.4 is 4.74 Å². The molecule has 110 valence electrons. The number of methoxy groups -OCH3 is 1. The van der Waals surface area contributed by atoms with E-state index in [1.165, 1.54) is 5.56 Å². The number of ether oxygens (including phenoxy) is 1. The number of carboxylic acids is 1. The van der Waals surface area contributed by atoms with E-state index < -0.39 is 5.97 Å². The van der Waals surface area contributed by atoms with Crippen molar-refractivity contribution < 1.29 is 14.6 Å². The fourth-order valence-electron chi connectivity index (χ4n) is 2.78. The van der Waals surface area contributed by atoms with E-state index in [2.05, 4.69) is 30.0 Å². The van der Waals surface area contributed by atoms with E-state index in [-0.39, 0.29) is 5.92 Å². The van der Waals surface area contributed by atoms with Crippen LogP contribution in [-0.4, -0.2) is 36.2 Å². The molecule has 1 unspecified atom stereocenters. The first-order valence-corrected chi connectivity index (χ1v) is 7.25. The molecule has 0 bridgehead atoms. The Morgan fingerprint density at radius 2 is 2.30 bits per heavy atom. The number of nitrogens with zero attached hydrogens (tertiary/aromatic N) is 1.